The van der Waals surface area contributed by atoms with Gasteiger partial charge in [0.15, 0.2) is 0 Å². The molecule has 0 aliphatic heterocycles. The number of thioether (sulfide) groups is 1. The van der Waals surface area contributed by atoms with Crippen molar-refractivity contribution in [3.63, 3.8) is 0 Å². The standard InChI is InChI=1S/C18H13F4N3O4S/c1-17(26,9-30-12-5-3-11(19)4-6-12)16-23-15(24-29-16)10-2-7-14(25(27)28)13(8-10)18(20,21)22/h2-8,26H,9H2,1H3. The highest BCUT2D eigenvalue weighted by Gasteiger charge is 2.39. The van der Waals surface area contributed by atoms with Crippen LogP contribution in [-0.2, 0) is 11.8 Å². The number of alkyl halides is 3. The van der Waals surface area contributed by atoms with Crippen LogP contribution in [0.4, 0.5) is 23.2 Å². The van der Waals surface area contributed by atoms with E-state index in [-0.39, 0.29) is 23.0 Å². The molecule has 2 aromatic carbocycles. The maximum absolute atomic E-state index is 13.2. The number of hydrogen-bond donors (Lipinski definition) is 1. The van der Waals surface area contributed by atoms with Gasteiger partial charge in [-0.3, -0.25) is 10.1 Å². The van der Waals surface area contributed by atoms with E-state index in [0.29, 0.717) is 17.0 Å². The van der Waals surface area contributed by atoms with E-state index in [9.17, 15) is 32.8 Å². The Morgan fingerprint density at radius 3 is 2.47 bits per heavy atom. The maximum Gasteiger partial charge on any atom is 0.423 e. The minimum Gasteiger partial charge on any atom is -0.379 e. The van der Waals surface area contributed by atoms with Gasteiger partial charge >= 0.3 is 6.18 Å². The van der Waals surface area contributed by atoms with Crippen LogP contribution in [-0.4, -0.2) is 25.9 Å². The Bertz CT molecular complexity index is 1070. The second kappa shape index (κ2) is 8.03. The van der Waals surface area contributed by atoms with Gasteiger partial charge in [0.25, 0.3) is 11.6 Å². The first-order chi connectivity index (χ1) is 14.0. The zero-order valence-electron chi connectivity index (χ0n) is 15.2. The molecule has 0 spiro atoms. The number of halogens is 4. The van der Waals surface area contributed by atoms with Crippen molar-refractivity contribution in [1.29, 1.82) is 0 Å². The average molecular weight is 443 g/mol. The van der Waals surface area contributed by atoms with E-state index >= 15 is 0 Å². The number of nitro benzene ring substituents is 1. The van der Waals surface area contributed by atoms with Crippen LogP contribution in [0.2, 0.25) is 0 Å². The fourth-order valence-corrected chi connectivity index (χ4v) is 3.34. The number of nitro groups is 1. The Morgan fingerprint density at radius 1 is 1.20 bits per heavy atom. The molecular weight excluding hydrogens is 430 g/mol. The van der Waals surface area contributed by atoms with Crippen molar-refractivity contribution in [1.82, 2.24) is 10.1 Å². The lowest BCUT2D eigenvalue weighted by Crippen LogP contribution is -2.24. The third-order valence-corrected chi connectivity index (χ3v) is 5.29. The summed E-state index contributed by atoms with van der Waals surface area (Å²) in [6.45, 7) is 1.37. The SMILES string of the molecule is CC(O)(CSc1ccc(F)cc1)c1nc(-c2ccc([N+](=O)[O-])c(C(F)(F)F)c2)no1. The molecule has 1 unspecified atom stereocenters. The summed E-state index contributed by atoms with van der Waals surface area (Å²) < 4.78 is 57.4. The van der Waals surface area contributed by atoms with Crippen LogP contribution in [0.25, 0.3) is 11.4 Å². The van der Waals surface area contributed by atoms with Crippen LogP contribution in [0.3, 0.4) is 0 Å². The minimum absolute atomic E-state index is 0.0360. The van der Waals surface area contributed by atoms with Gasteiger partial charge < -0.3 is 9.63 Å². The molecule has 0 saturated heterocycles. The van der Waals surface area contributed by atoms with E-state index in [2.05, 4.69) is 10.1 Å². The highest BCUT2D eigenvalue weighted by molar-refractivity contribution is 7.99. The van der Waals surface area contributed by atoms with Crippen molar-refractivity contribution in [2.75, 3.05) is 5.75 Å². The summed E-state index contributed by atoms with van der Waals surface area (Å²) in [5, 5.41) is 25.0. The number of rotatable bonds is 6. The van der Waals surface area contributed by atoms with Crippen molar-refractivity contribution in [3.8, 4) is 11.4 Å². The predicted octanol–water partition coefficient (Wildman–Crippen LogP) is 4.80. The van der Waals surface area contributed by atoms with Gasteiger partial charge in [-0.1, -0.05) is 5.16 Å². The van der Waals surface area contributed by atoms with Crippen LogP contribution >= 0.6 is 11.8 Å². The van der Waals surface area contributed by atoms with Gasteiger partial charge in [-0.15, -0.1) is 11.8 Å². The summed E-state index contributed by atoms with van der Waals surface area (Å²) in [4.78, 5) is 14.3. The van der Waals surface area contributed by atoms with Gasteiger partial charge in [0.05, 0.1) is 4.92 Å². The highest BCUT2D eigenvalue weighted by atomic mass is 32.2. The van der Waals surface area contributed by atoms with Crippen LogP contribution in [0.1, 0.15) is 18.4 Å². The summed E-state index contributed by atoms with van der Waals surface area (Å²) in [7, 11) is 0. The summed E-state index contributed by atoms with van der Waals surface area (Å²) in [5.41, 5.74) is -4.35. The predicted molar refractivity (Wildman–Crippen MR) is 98.1 cm³/mol. The normalized spacial score (nSPS) is 13.8. The third-order valence-electron chi connectivity index (χ3n) is 3.98. The van der Waals surface area contributed by atoms with E-state index in [1.54, 1.807) is 0 Å². The van der Waals surface area contributed by atoms with E-state index in [1.165, 1.54) is 43.0 Å². The second-order valence-corrected chi connectivity index (χ2v) is 7.48. The van der Waals surface area contributed by atoms with Crippen molar-refractivity contribution in [2.45, 2.75) is 23.6 Å². The lowest BCUT2D eigenvalue weighted by molar-refractivity contribution is -0.388. The fourth-order valence-electron chi connectivity index (χ4n) is 2.44. The van der Waals surface area contributed by atoms with Crippen LogP contribution < -0.4 is 0 Å². The van der Waals surface area contributed by atoms with E-state index < -0.39 is 33.8 Å². The lowest BCUT2D eigenvalue weighted by Gasteiger charge is -2.17. The summed E-state index contributed by atoms with van der Waals surface area (Å²) in [5.74, 6) is -0.889. The maximum atomic E-state index is 13.2. The van der Waals surface area contributed by atoms with Gasteiger partial charge in [0.2, 0.25) is 5.82 Å². The van der Waals surface area contributed by atoms with Gasteiger partial charge in [0, 0.05) is 22.3 Å². The molecule has 0 aliphatic carbocycles. The number of hydrogen-bond acceptors (Lipinski definition) is 7. The number of aromatic nitrogens is 2. The van der Waals surface area contributed by atoms with Crippen molar-refractivity contribution >= 4 is 17.4 Å². The Morgan fingerprint density at radius 2 is 1.87 bits per heavy atom. The molecule has 0 radical (unpaired) electrons. The summed E-state index contributed by atoms with van der Waals surface area (Å²) in [6, 6.07) is 7.87. The number of benzene rings is 2. The van der Waals surface area contributed by atoms with E-state index in [0.717, 1.165) is 6.07 Å². The molecule has 1 heterocycles. The Hall–Kier alpha value is -2.99. The first kappa shape index (κ1) is 21.7. The molecular formula is C18H13F4N3O4S. The third kappa shape index (κ3) is 4.76. The van der Waals surface area contributed by atoms with Gasteiger partial charge in [0.1, 0.15) is 17.0 Å². The van der Waals surface area contributed by atoms with Crippen LogP contribution in [0.5, 0.6) is 0 Å². The molecule has 30 heavy (non-hydrogen) atoms. The largest absolute Gasteiger partial charge is 0.423 e. The molecule has 3 aromatic rings. The monoisotopic (exact) mass is 443 g/mol. The smallest absolute Gasteiger partial charge is 0.379 e. The molecule has 0 amide bonds. The summed E-state index contributed by atoms with van der Waals surface area (Å²) >= 11 is 1.18. The lowest BCUT2D eigenvalue weighted by atomic mass is 10.1. The van der Waals surface area contributed by atoms with Crippen LogP contribution in [0, 0.1) is 15.9 Å². The number of nitrogens with zero attached hydrogens (tertiary/aromatic N) is 3. The Kier molecular flexibility index (Phi) is 5.81. The Balaban J connectivity index is 1.84. The fraction of sp³-hybridized carbons (Fsp3) is 0.222. The van der Waals surface area contributed by atoms with Gasteiger partial charge in [-0.2, -0.15) is 18.2 Å². The topological polar surface area (TPSA) is 102 Å². The van der Waals surface area contributed by atoms with Crippen molar-refractivity contribution < 1.29 is 32.1 Å². The number of aliphatic hydroxyl groups is 1. The molecule has 0 bridgehead atoms. The summed E-state index contributed by atoms with van der Waals surface area (Å²) in [6.07, 6.45) is -4.96. The molecule has 0 aliphatic rings. The molecule has 0 fully saturated rings. The Labute approximate surface area is 170 Å². The second-order valence-electron chi connectivity index (χ2n) is 6.43. The van der Waals surface area contributed by atoms with Crippen molar-refractivity contribution in [3.05, 3.63) is 69.9 Å². The molecule has 3 rings (SSSR count). The van der Waals surface area contributed by atoms with Gasteiger partial charge in [-0.05, 0) is 43.3 Å². The quantitative estimate of drug-likeness (QED) is 0.253. The minimum atomic E-state index is -4.96. The van der Waals surface area contributed by atoms with E-state index in [4.69, 9.17) is 4.52 Å². The molecule has 7 nitrogen and oxygen atoms in total. The highest BCUT2D eigenvalue weighted by Crippen LogP contribution is 2.38. The molecule has 0 saturated carbocycles. The van der Waals surface area contributed by atoms with Crippen LogP contribution in [0.15, 0.2) is 51.9 Å². The molecule has 1 atom stereocenters. The van der Waals surface area contributed by atoms with Crippen molar-refractivity contribution in [2.24, 2.45) is 0 Å². The average Bonchev–Trinajstić information content (AvgIpc) is 3.17. The zero-order valence-corrected chi connectivity index (χ0v) is 16.0. The molecule has 12 heteroatoms. The first-order valence-corrected chi connectivity index (χ1v) is 9.27. The molecule has 158 valence electrons. The van der Waals surface area contributed by atoms with E-state index in [1.807, 2.05) is 0 Å². The zero-order chi connectivity index (χ0) is 22.1. The molecule has 1 N–H and O–H groups in total. The molecule has 1 aromatic heterocycles. The van der Waals surface area contributed by atoms with Gasteiger partial charge in [-0.25, -0.2) is 4.39 Å². The first-order valence-electron chi connectivity index (χ1n) is 8.28.